The Morgan fingerprint density at radius 1 is 1.43 bits per heavy atom. The van der Waals surface area contributed by atoms with E-state index in [-0.39, 0.29) is 0 Å². The number of aromatic nitrogens is 2. The van der Waals surface area contributed by atoms with Crippen molar-refractivity contribution in [2.24, 2.45) is 5.73 Å². The molecule has 2 rings (SSSR count). The lowest BCUT2D eigenvalue weighted by atomic mass is 10.3. The standard InChI is InChI=1S/C9H12N4S/c10-3-1-4-11-7-2-5-12-9-8(7)14-6-13-9/h2,5-6H,1,3-4,10H2,(H,11,12). The summed E-state index contributed by atoms with van der Waals surface area (Å²) in [4.78, 5) is 8.32. The molecule has 0 aliphatic heterocycles. The molecule has 0 atom stereocenters. The maximum absolute atomic E-state index is 5.42. The van der Waals surface area contributed by atoms with E-state index in [1.807, 2.05) is 11.6 Å². The highest BCUT2D eigenvalue weighted by atomic mass is 32.1. The summed E-state index contributed by atoms with van der Waals surface area (Å²) in [5.41, 5.74) is 9.15. The maximum atomic E-state index is 5.42. The van der Waals surface area contributed by atoms with Crippen LogP contribution in [0.4, 0.5) is 5.69 Å². The summed E-state index contributed by atoms with van der Waals surface area (Å²) in [5, 5.41) is 3.33. The summed E-state index contributed by atoms with van der Waals surface area (Å²) in [6.45, 7) is 1.61. The van der Waals surface area contributed by atoms with Crippen LogP contribution in [0.3, 0.4) is 0 Å². The number of fused-ring (bicyclic) bond motifs is 1. The van der Waals surface area contributed by atoms with E-state index >= 15 is 0 Å². The molecule has 2 aromatic heterocycles. The van der Waals surface area contributed by atoms with Gasteiger partial charge in [-0.3, -0.25) is 0 Å². The Morgan fingerprint density at radius 2 is 2.36 bits per heavy atom. The minimum absolute atomic E-state index is 0.712. The SMILES string of the molecule is NCCCNc1ccnc2ncsc12. The van der Waals surface area contributed by atoms with Crippen LogP contribution in [0.5, 0.6) is 0 Å². The largest absolute Gasteiger partial charge is 0.384 e. The predicted molar refractivity (Wildman–Crippen MR) is 59.6 cm³/mol. The highest BCUT2D eigenvalue weighted by Gasteiger charge is 2.02. The molecule has 0 aliphatic carbocycles. The van der Waals surface area contributed by atoms with Crippen LogP contribution in [0, 0.1) is 0 Å². The third kappa shape index (κ3) is 1.83. The van der Waals surface area contributed by atoms with E-state index in [1.165, 1.54) is 0 Å². The van der Waals surface area contributed by atoms with Crippen LogP contribution in [0.2, 0.25) is 0 Å². The second-order valence-corrected chi connectivity index (χ2v) is 3.79. The number of hydrogen-bond donors (Lipinski definition) is 2. The van der Waals surface area contributed by atoms with E-state index in [0.717, 1.165) is 29.0 Å². The molecule has 74 valence electrons. The Kier molecular flexibility index (Phi) is 2.90. The van der Waals surface area contributed by atoms with Crippen molar-refractivity contribution in [3.05, 3.63) is 17.8 Å². The van der Waals surface area contributed by atoms with E-state index in [0.29, 0.717) is 6.54 Å². The highest BCUT2D eigenvalue weighted by molar-refractivity contribution is 7.17. The topological polar surface area (TPSA) is 63.8 Å². The quantitative estimate of drug-likeness (QED) is 0.746. The van der Waals surface area contributed by atoms with Crippen LogP contribution in [0.25, 0.3) is 10.3 Å². The molecule has 14 heavy (non-hydrogen) atoms. The average Bonchev–Trinajstić information content (AvgIpc) is 2.67. The minimum atomic E-state index is 0.712. The van der Waals surface area contributed by atoms with Crippen LogP contribution in [0.1, 0.15) is 6.42 Å². The van der Waals surface area contributed by atoms with Crippen LogP contribution >= 0.6 is 11.3 Å². The molecule has 3 N–H and O–H groups in total. The molecule has 0 unspecified atom stereocenters. The summed E-state index contributed by atoms with van der Waals surface area (Å²) in [5.74, 6) is 0. The fraction of sp³-hybridized carbons (Fsp3) is 0.333. The van der Waals surface area contributed by atoms with Gasteiger partial charge in [0.2, 0.25) is 0 Å². The normalized spacial score (nSPS) is 10.6. The Balaban J connectivity index is 2.19. The molecule has 0 bridgehead atoms. The lowest BCUT2D eigenvalue weighted by molar-refractivity contribution is 0.875. The number of hydrogen-bond acceptors (Lipinski definition) is 5. The number of nitrogens with one attached hydrogen (secondary N) is 1. The molecule has 5 heteroatoms. The Bertz CT molecular complexity index is 412. The van der Waals surface area contributed by atoms with Gasteiger partial charge in [-0.1, -0.05) is 0 Å². The molecule has 4 nitrogen and oxygen atoms in total. The monoisotopic (exact) mass is 208 g/mol. The number of anilines is 1. The highest BCUT2D eigenvalue weighted by Crippen LogP contribution is 2.24. The van der Waals surface area contributed by atoms with Crippen molar-refractivity contribution in [1.82, 2.24) is 9.97 Å². The average molecular weight is 208 g/mol. The van der Waals surface area contributed by atoms with Crippen LogP contribution < -0.4 is 11.1 Å². The first-order chi connectivity index (χ1) is 6.92. The molecule has 0 saturated carbocycles. The van der Waals surface area contributed by atoms with Crippen molar-refractivity contribution in [3.63, 3.8) is 0 Å². The van der Waals surface area contributed by atoms with Crippen molar-refractivity contribution >= 4 is 27.4 Å². The third-order valence-corrected chi connectivity index (χ3v) is 2.78. The fourth-order valence-corrected chi connectivity index (χ4v) is 1.97. The van der Waals surface area contributed by atoms with E-state index in [1.54, 1.807) is 17.5 Å². The van der Waals surface area contributed by atoms with Gasteiger partial charge in [-0.2, -0.15) is 0 Å². The van der Waals surface area contributed by atoms with Gasteiger partial charge in [0, 0.05) is 12.7 Å². The van der Waals surface area contributed by atoms with Crippen molar-refractivity contribution in [3.8, 4) is 0 Å². The Labute approximate surface area is 86.2 Å². The minimum Gasteiger partial charge on any atom is -0.384 e. The molecule has 2 heterocycles. The van der Waals surface area contributed by atoms with Gasteiger partial charge in [-0.25, -0.2) is 9.97 Å². The zero-order valence-corrected chi connectivity index (χ0v) is 8.55. The van der Waals surface area contributed by atoms with Gasteiger partial charge >= 0.3 is 0 Å². The van der Waals surface area contributed by atoms with E-state index < -0.39 is 0 Å². The predicted octanol–water partition coefficient (Wildman–Crippen LogP) is 1.45. The van der Waals surface area contributed by atoms with Gasteiger partial charge in [-0.15, -0.1) is 11.3 Å². The number of nitrogens with two attached hydrogens (primary N) is 1. The molecule has 2 aromatic rings. The van der Waals surface area contributed by atoms with E-state index in [4.69, 9.17) is 5.73 Å². The van der Waals surface area contributed by atoms with Gasteiger partial charge in [0.05, 0.1) is 15.9 Å². The molecule has 0 saturated heterocycles. The maximum Gasteiger partial charge on any atom is 0.172 e. The molecule has 0 spiro atoms. The molecular formula is C9H12N4S. The van der Waals surface area contributed by atoms with Gasteiger partial charge in [0.1, 0.15) is 0 Å². The van der Waals surface area contributed by atoms with E-state index in [9.17, 15) is 0 Å². The lowest BCUT2D eigenvalue weighted by Gasteiger charge is -2.04. The first-order valence-corrected chi connectivity index (χ1v) is 5.42. The van der Waals surface area contributed by atoms with Crippen molar-refractivity contribution in [2.75, 3.05) is 18.4 Å². The molecule has 0 amide bonds. The second kappa shape index (κ2) is 4.34. The number of rotatable bonds is 4. The molecule has 0 radical (unpaired) electrons. The van der Waals surface area contributed by atoms with Crippen molar-refractivity contribution in [1.29, 1.82) is 0 Å². The van der Waals surface area contributed by atoms with Gasteiger partial charge in [0.25, 0.3) is 0 Å². The summed E-state index contributed by atoms with van der Waals surface area (Å²) in [7, 11) is 0. The fourth-order valence-electron chi connectivity index (χ4n) is 1.24. The zero-order chi connectivity index (χ0) is 9.80. The third-order valence-electron chi connectivity index (χ3n) is 1.93. The number of pyridine rings is 1. The smallest absolute Gasteiger partial charge is 0.172 e. The van der Waals surface area contributed by atoms with Crippen LogP contribution in [0.15, 0.2) is 17.8 Å². The molecule has 0 aliphatic rings. The number of nitrogens with zero attached hydrogens (tertiary/aromatic N) is 2. The molecular weight excluding hydrogens is 196 g/mol. The molecule has 0 aromatic carbocycles. The van der Waals surface area contributed by atoms with Crippen LogP contribution in [-0.2, 0) is 0 Å². The number of thiazole rings is 1. The Hall–Kier alpha value is -1.20. The van der Waals surface area contributed by atoms with Gasteiger partial charge < -0.3 is 11.1 Å². The Morgan fingerprint density at radius 3 is 3.21 bits per heavy atom. The van der Waals surface area contributed by atoms with Gasteiger partial charge in [0.15, 0.2) is 5.65 Å². The summed E-state index contributed by atoms with van der Waals surface area (Å²) >= 11 is 1.60. The molecule has 0 fully saturated rings. The zero-order valence-electron chi connectivity index (χ0n) is 7.73. The second-order valence-electron chi connectivity index (χ2n) is 2.93. The van der Waals surface area contributed by atoms with Crippen molar-refractivity contribution in [2.45, 2.75) is 6.42 Å². The first-order valence-electron chi connectivity index (χ1n) is 4.54. The summed E-state index contributed by atoms with van der Waals surface area (Å²) in [6, 6.07) is 1.97. The van der Waals surface area contributed by atoms with Crippen LogP contribution in [-0.4, -0.2) is 23.1 Å². The van der Waals surface area contributed by atoms with Crippen molar-refractivity contribution < 1.29 is 0 Å². The lowest BCUT2D eigenvalue weighted by Crippen LogP contribution is -2.08. The summed E-state index contributed by atoms with van der Waals surface area (Å²) in [6.07, 6.45) is 2.75. The first kappa shape index (κ1) is 9.36. The van der Waals surface area contributed by atoms with E-state index in [2.05, 4.69) is 15.3 Å². The summed E-state index contributed by atoms with van der Waals surface area (Å²) < 4.78 is 1.12. The van der Waals surface area contributed by atoms with Gasteiger partial charge in [-0.05, 0) is 19.0 Å².